The maximum Gasteiger partial charge on any atom is 0.422 e. The summed E-state index contributed by atoms with van der Waals surface area (Å²) in [5, 5.41) is 0.987. The number of aryl methyl sites for hydroxylation is 4. The van der Waals surface area contributed by atoms with Gasteiger partial charge in [-0.25, -0.2) is 17.6 Å². The topological polar surface area (TPSA) is 9.23 Å². The molecule has 4 aromatic rings. The van der Waals surface area contributed by atoms with Gasteiger partial charge in [0.1, 0.15) is 34.6 Å². The minimum atomic E-state index is -5.14. The van der Waals surface area contributed by atoms with Crippen LogP contribution in [0.4, 0.5) is 30.7 Å². The molecule has 0 saturated carbocycles. The maximum atomic E-state index is 15.2. The Bertz CT molecular complexity index is 1440. The quantitative estimate of drug-likeness (QED) is 0.142. The predicted molar refractivity (Wildman–Crippen MR) is 137 cm³/mol. The molecule has 0 amide bonds. The molecule has 0 heterocycles. The first kappa shape index (κ1) is 28.5. The second kappa shape index (κ2) is 12.1. The Morgan fingerprint density at radius 2 is 1.33 bits per heavy atom. The van der Waals surface area contributed by atoms with Gasteiger partial charge < -0.3 is 4.74 Å². The summed E-state index contributed by atoms with van der Waals surface area (Å²) in [6.45, 7) is 2.59. The van der Waals surface area contributed by atoms with E-state index in [2.05, 4.69) is 0 Å². The summed E-state index contributed by atoms with van der Waals surface area (Å²) in [6, 6.07) is 14.6. The third kappa shape index (κ3) is 6.91. The molecule has 0 saturated heterocycles. The van der Waals surface area contributed by atoms with Crippen molar-refractivity contribution in [2.24, 2.45) is 0 Å². The van der Waals surface area contributed by atoms with Gasteiger partial charge in [-0.15, -0.1) is 0 Å². The number of unbranched alkanes of at least 4 members (excludes halogenated alkanes) is 1. The van der Waals surface area contributed by atoms with Gasteiger partial charge in [0.2, 0.25) is 0 Å². The van der Waals surface area contributed by atoms with Crippen LogP contribution in [0, 0.1) is 23.3 Å². The Morgan fingerprint density at radius 3 is 2.00 bits per heavy atom. The second-order valence-electron chi connectivity index (χ2n) is 9.48. The van der Waals surface area contributed by atoms with Gasteiger partial charge in [-0.3, -0.25) is 0 Å². The second-order valence-corrected chi connectivity index (χ2v) is 9.48. The summed E-state index contributed by atoms with van der Waals surface area (Å²) >= 11 is 0. The monoisotopic (exact) mass is 548 g/mol. The molecule has 0 aliphatic heterocycles. The molecule has 0 atom stereocenters. The molecule has 8 heteroatoms. The molecule has 0 aliphatic carbocycles. The van der Waals surface area contributed by atoms with Crippen LogP contribution < -0.4 is 4.74 Å². The summed E-state index contributed by atoms with van der Waals surface area (Å²) in [7, 11) is 0. The molecule has 206 valence electrons. The molecule has 0 bridgehead atoms. The first-order chi connectivity index (χ1) is 18.6. The van der Waals surface area contributed by atoms with Crippen LogP contribution >= 0.6 is 0 Å². The number of halogens is 7. The minimum absolute atomic E-state index is 0.000585. The lowest BCUT2D eigenvalue weighted by atomic mass is 9.97. The van der Waals surface area contributed by atoms with E-state index in [0.717, 1.165) is 18.4 Å². The molecule has 39 heavy (non-hydrogen) atoms. The van der Waals surface area contributed by atoms with E-state index < -0.39 is 29.2 Å². The van der Waals surface area contributed by atoms with Crippen LogP contribution in [0.5, 0.6) is 5.75 Å². The van der Waals surface area contributed by atoms with E-state index in [1.54, 1.807) is 36.4 Å². The van der Waals surface area contributed by atoms with E-state index in [4.69, 9.17) is 4.74 Å². The summed E-state index contributed by atoms with van der Waals surface area (Å²) in [5.41, 5.74) is -0.210. The highest BCUT2D eigenvalue weighted by atomic mass is 19.4. The Hall–Kier alpha value is -3.55. The fourth-order valence-corrected chi connectivity index (χ4v) is 4.49. The van der Waals surface area contributed by atoms with E-state index in [-0.39, 0.29) is 29.8 Å². The smallest absolute Gasteiger partial charge is 0.422 e. The van der Waals surface area contributed by atoms with E-state index in [1.165, 1.54) is 6.07 Å². The number of alkyl halides is 3. The van der Waals surface area contributed by atoms with Crippen LogP contribution in [0.15, 0.2) is 60.7 Å². The summed E-state index contributed by atoms with van der Waals surface area (Å²) in [5.74, 6) is -3.74. The Balaban J connectivity index is 1.42. The molecule has 0 aliphatic rings. The standard InChI is InChI=1S/C31H27F7O/c1-2-3-14-39-24-12-11-21(26(32)18-24)7-4-19-6-13-25-23(15-19)10-9-22(30(25)35)8-5-20-16-27(33)29(28(34)17-20)31(36,37)38/h6,9-13,15-18H,2-5,7-8,14H2,1H3. The van der Waals surface area contributed by atoms with Crippen molar-refractivity contribution in [1.82, 2.24) is 0 Å². The Morgan fingerprint density at radius 1 is 0.667 bits per heavy atom. The van der Waals surface area contributed by atoms with Gasteiger partial charge in [-0.1, -0.05) is 49.7 Å². The fourth-order valence-electron chi connectivity index (χ4n) is 4.49. The van der Waals surface area contributed by atoms with E-state index in [0.29, 0.717) is 53.7 Å². The van der Waals surface area contributed by atoms with Crippen molar-refractivity contribution in [2.75, 3.05) is 6.61 Å². The summed E-state index contributed by atoms with van der Waals surface area (Å²) < 4.78 is 101. The van der Waals surface area contributed by atoms with E-state index >= 15 is 4.39 Å². The Kier molecular flexibility index (Phi) is 8.83. The predicted octanol–water partition coefficient (Wildman–Crippen LogP) is 9.16. The highest BCUT2D eigenvalue weighted by Crippen LogP contribution is 2.34. The molecular formula is C31H27F7O. The highest BCUT2D eigenvalue weighted by Gasteiger charge is 2.37. The van der Waals surface area contributed by atoms with Gasteiger partial charge in [0.15, 0.2) is 0 Å². The number of fused-ring (bicyclic) bond motifs is 1. The first-order valence-corrected chi connectivity index (χ1v) is 12.7. The SMILES string of the molecule is CCCCOc1ccc(CCc2ccc3c(F)c(CCc4cc(F)c(C(F)(F)F)c(F)c4)ccc3c2)c(F)c1. The van der Waals surface area contributed by atoms with Crippen molar-refractivity contribution in [3.8, 4) is 5.75 Å². The van der Waals surface area contributed by atoms with Crippen molar-refractivity contribution >= 4 is 10.8 Å². The van der Waals surface area contributed by atoms with Crippen molar-refractivity contribution in [3.05, 3.63) is 112 Å². The summed E-state index contributed by atoms with van der Waals surface area (Å²) in [6.07, 6.45) is -2.26. The molecule has 4 rings (SSSR count). The van der Waals surface area contributed by atoms with Crippen LogP contribution in [0.1, 0.15) is 47.6 Å². The number of hydrogen-bond acceptors (Lipinski definition) is 1. The zero-order valence-electron chi connectivity index (χ0n) is 21.3. The molecule has 0 spiro atoms. The van der Waals surface area contributed by atoms with Gasteiger partial charge >= 0.3 is 6.18 Å². The van der Waals surface area contributed by atoms with Gasteiger partial charge in [0.05, 0.1) is 6.61 Å². The normalized spacial score (nSPS) is 11.8. The van der Waals surface area contributed by atoms with Gasteiger partial charge in [-0.2, -0.15) is 13.2 Å². The van der Waals surface area contributed by atoms with Crippen molar-refractivity contribution < 1.29 is 35.5 Å². The summed E-state index contributed by atoms with van der Waals surface area (Å²) in [4.78, 5) is 0. The largest absolute Gasteiger partial charge is 0.493 e. The number of rotatable bonds is 10. The maximum absolute atomic E-state index is 15.2. The highest BCUT2D eigenvalue weighted by molar-refractivity contribution is 5.84. The van der Waals surface area contributed by atoms with E-state index in [1.807, 2.05) is 13.0 Å². The Labute approximate surface area is 222 Å². The number of benzene rings is 4. The van der Waals surface area contributed by atoms with Gasteiger partial charge in [-0.05, 0) is 77.9 Å². The van der Waals surface area contributed by atoms with Crippen LogP contribution in [-0.2, 0) is 31.9 Å². The van der Waals surface area contributed by atoms with Crippen molar-refractivity contribution in [1.29, 1.82) is 0 Å². The van der Waals surface area contributed by atoms with E-state index in [9.17, 15) is 26.3 Å². The lowest BCUT2D eigenvalue weighted by Gasteiger charge is -2.12. The third-order valence-electron chi connectivity index (χ3n) is 6.64. The van der Waals surface area contributed by atoms with Crippen molar-refractivity contribution in [3.63, 3.8) is 0 Å². The fraction of sp³-hybridized carbons (Fsp3) is 0.290. The zero-order chi connectivity index (χ0) is 28.2. The molecule has 0 N–H and O–H groups in total. The number of hydrogen-bond donors (Lipinski definition) is 0. The van der Waals surface area contributed by atoms with Gasteiger partial charge in [0.25, 0.3) is 0 Å². The lowest BCUT2D eigenvalue weighted by molar-refractivity contribution is -0.142. The molecule has 4 aromatic carbocycles. The van der Waals surface area contributed by atoms with Crippen LogP contribution in [0.25, 0.3) is 10.8 Å². The average molecular weight is 549 g/mol. The lowest BCUT2D eigenvalue weighted by Crippen LogP contribution is -2.12. The van der Waals surface area contributed by atoms with Gasteiger partial charge in [0, 0.05) is 11.5 Å². The third-order valence-corrected chi connectivity index (χ3v) is 6.64. The van der Waals surface area contributed by atoms with Crippen LogP contribution in [0.2, 0.25) is 0 Å². The van der Waals surface area contributed by atoms with Crippen molar-refractivity contribution in [2.45, 2.75) is 51.6 Å². The minimum Gasteiger partial charge on any atom is -0.493 e. The van der Waals surface area contributed by atoms with Crippen LogP contribution in [0.3, 0.4) is 0 Å². The molecule has 0 aromatic heterocycles. The molecule has 0 unspecified atom stereocenters. The molecule has 0 radical (unpaired) electrons. The number of ether oxygens (including phenoxy) is 1. The first-order valence-electron chi connectivity index (χ1n) is 12.7. The molecule has 0 fully saturated rings. The molecule has 1 nitrogen and oxygen atoms in total. The zero-order valence-corrected chi connectivity index (χ0v) is 21.3. The average Bonchev–Trinajstić information content (AvgIpc) is 2.87. The van der Waals surface area contributed by atoms with Crippen LogP contribution in [-0.4, -0.2) is 6.61 Å². The molecular weight excluding hydrogens is 521 g/mol.